The standard InChI is InChI=1S/C22H30N4O2/c1-16(21(27)23-15-19-14-17-7-8-18(19)13-17)24-22(28)26-11-9-25(10-12-26)20-5-3-2-4-6-20/h2-8,16-19H,9-15H2,1H3,(H,23,27)(H,24,28)/t16-,17+,18+,19-/m1/s1. The fourth-order valence-electron chi connectivity index (χ4n) is 4.66. The van der Waals surface area contributed by atoms with Crippen LogP contribution in [-0.4, -0.2) is 55.6 Å². The summed E-state index contributed by atoms with van der Waals surface area (Å²) in [4.78, 5) is 29.0. The molecule has 1 aromatic rings. The minimum Gasteiger partial charge on any atom is -0.368 e. The van der Waals surface area contributed by atoms with Gasteiger partial charge in [-0.15, -0.1) is 0 Å². The van der Waals surface area contributed by atoms with Crippen LogP contribution in [-0.2, 0) is 4.79 Å². The van der Waals surface area contributed by atoms with Gasteiger partial charge in [0.05, 0.1) is 0 Å². The molecule has 1 heterocycles. The van der Waals surface area contributed by atoms with E-state index >= 15 is 0 Å². The van der Waals surface area contributed by atoms with Crippen molar-refractivity contribution >= 4 is 17.6 Å². The molecule has 2 fully saturated rings. The van der Waals surface area contributed by atoms with Gasteiger partial charge < -0.3 is 20.4 Å². The van der Waals surface area contributed by atoms with Crippen LogP contribution in [0.1, 0.15) is 19.8 Å². The minimum absolute atomic E-state index is 0.0944. The second-order valence-electron chi connectivity index (χ2n) is 8.27. The largest absolute Gasteiger partial charge is 0.368 e. The molecule has 1 saturated carbocycles. The SMILES string of the molecule is C[C@@H](NC(=O)N1CCN(c2ccccc2)CC1)C(=O)NC[C@H]1C[C@H]2C=C[C@H]1C2. The van der Waals surface area contributed by atoms with Crippen molar-refractivity contribution in [2.45, 2.75) is 25.8 Å². The molecule has 0 radical (unpaired) electrons. The monoisotopic (exact) mass is 382 g/mol. The number of nitrogens with zero attached hydrogens (tertiary/aromatic N) is 2. The van der Waals surface area contributed by atoms with E-state index in [2.05, 4.69) is 39.8 Å². The van der Waals surface area contributed by atoms with E-state index in [0.717, 1.165) is 13.1 Å². The number of carbonyl (C=O) groups is 2. The summed E-state index contributed by atoms with van der Waals surface area (Å²) in [5, 5.41) is 5.89. The molecule has 2 aliphatic carbocycles. The summed E-state index contributed by atoms with van der Waals surface area (Å²) in [6.07, 6.45) is 7.02. The van der Waals surface area contributed by atoms with Crippen molar-refractivity contribution in [1.82, 2.24) is 15.5 Å². The normalized spacial score (nSPS) is 27.0. The molecule has 3 amide bonds. The molecule has 6 heteroatoms. The maximum absolute atomic E-state index is 12.5. The van der Waals surface area contributed by atoms with E-state index in [1.54, 1.807) is 11.8 Å². The molecule has 1 aromatic carbocycles. The lowest BCUT2D eigenvalue weighted by molar-refractivity contribution is -0.122. The highest BCUT2D eigenvalue weighted by Gasteiger charge is 2.35. The Hall–Kier alpha value is -2.50. The lowest BCUT2D eigenvalue weighted by Crippen LogP contribution is -2.55. The average Bonchev–Trinajstić information content (AvgIpc) is 3.36. The first-order chi connectivity index (χ1) is 13.6. The number of hydrogen-bond acceptors (Lipinski definition) is 3. The van der Waals surface area contributed by atoms with E-state index in [9.17, 15) is 9.59 Å². The molecule has 1 aliphatic heterocycles. The third-order valence-corrected chi connectivity index (χ3v) is 6.38. The minimum atomic E-state index is -0.520. The number of urea groups is 1. The number of fused-ring (bicyclic) bond motifs is 2. The van der Waals surface area contributed by atoms with Crippen LogP contribution in [0.3, 0.4) is 0 Å². The van der Waals surface area contributed by atoms with Crippen LogP contribution >= 0.6 is 0 Å². The van der Waals surface area contributed by atoms with E-state index < -0.39 is 6.04 Å². The first-order valence-electron chi connectivity index (χ1n) is 10.4. The van der Waals surface area contributed by atoms with E-state index in [1.165, 1.54) is 18.5 Å². The predicted molar refractivity (Wildman–Crippen MR) is 110 cm³/mol. The first kappa shape index (κ1) is 18.8. The van der Waals surface area contributed by atoms with Crippen molar-refractivity contribution in [2.75, 3.05) is 37.6 Å². The highest BCUT2D eigenvalue weighted by atomic mass is 16.2. The number of carbonyl (C=O) groups excluding carboxylic acids is 2. The number of nitrogens with one attached hydrogen (secondary N) is 2. The maximum atomic E-state index is 12.5. The summed E-state index contributed by atoms with van der Waals surface area (Å²) in [5.74, 6) is 1.78. The molecule has 4 atom stereocenters. The Kier molecular flexibility index (Phi) is 5.55. The highest BCUT2D eigenvalue weighted by Crippen LogP contribution is 2.42. The van der Waals surface area contributed by atoms with Crippen molar-refractivity contribution in [3.63, 3.8) is 0 Å². The van der Waals surface area contributed by atoms with E-state index in [-0.39, 0.29) is 11.9 Å². The smallest absolute Gasteiger partial charge is 0.318 e. The Morgan fingerprint density at radius 2 is 1.82 bits per heavy atom. The van der Waals surface area contributed by atoms with Crippen LogP contribution < -0.4 is 15.5 Å². The van der Waals surface area contributed by atoms with Gasteiger partial charge in [0.25, 0.3) is 0 Å². The number of hydrogen-bond donors (Lipinski definition) is 2. The van der Waals surface area contributed by atoms with Crippen LogP contribution in [0.4, 0.5) is 10.5 Å². The van der Waals surface area contributed by atoms with Crippen molar-refractivity contribution in [3.8, 4) is 0 Å². The van der Waals surface area contributed by atoms with Gasteiger partial charge in [-0.25, -0.2) is 4.79 Å². The second-order valence-corrected chi connectivity index (χ2v) is 8.27. The van der Waals surface area contributed by atoms with Crippen molar-refractivity contribution in [3.05, 3.63) is 42.5 Å². The van der Waals surface area contributed by atoms with Gasteiger partial charge in [-0.1, -0.05) is 30.4 Å². The zero-order chi connectivity index (χ0) is 19.5. The fraction of sp³-hybridized carbons (Fsp3) is 0.545. The molecule has 2 N–H and O–H groups in total. The molecule has 0 aromatic heterocycles. The summed E-state index contributed by atoms with van der Waals surface area (Å²) < 4.78 is 0. The van der Waals surface area contributed by atoms with Gasteiger partial charge in [0.2, 0.25) is 5.91 Å². The van der Waals surface area contributed by atoms with Gasteiger partial charge in [0.15, 0.2) is 0 Å². The first-order valence-corrected chi connectivity index (χ1v) is 10.4. The maximum Gasteiger partial charge on any atom is 0.318 e. The van der Waals surface area contributed by atoms with Crippen LogP contribution in [0.25, 0.3) is 0 Å². The van der Waals surface area contributed by atoms with Crippen LogP contribution in [0.2, 0.25) is 0 Å². The molecule has 2 bridgehead atoms. The molecule has 1 saturated heterocycles. The summed E-state index contributed by atoms with van der Waals surface area (Å²) in [6, 6.07) is 9.58. The van der Waals surface area contributed by atoms with E-state index in [1.807, 2.05) is 18.2 Å². The lowest BCUT2D eigenvalue weighted by atomic mass is 9.93. The molecular formula is C22H30N4O2. The van der Waals surface area contributed by atoms with E-state index in [4.69, 9.17) is 0 Å². The number of para-hydroxylation sites is 1. The van der Waals surface area contributed by atoms with Gasteiger partial charge in [0, 0.05) is 38.4 Å². The molecular weight excluding hydrogens is 352 g/mol. The Balaban J connectivity index is 1.19. The third kappa shape index (κ3) is 4.16. The fourth-order valence-corrected chi connectivity index (χ4v) is 4.66. The van der Waals surface area contributed by atoms with Gasteiger partial charge in [0.1, 0.15) is 6.04 Å². The highest BCUT2D eigenvalue weighted by molar-refractivity contribution is 5.86. The number of rotatable bonds is 5. The molecule has 4 rings (SSSR count). The Morgan fingerprint density at radius 1 is 1.07 bits per heavy atom. The summed E-state index contributed by atoms with van der Waals surface area (Å²) in [6.45, 7) is 5.39. The van der Waals surface area contributed by atoms with Crippen molar-refractivity contribution < 1.29 is 9.59 Å². The third-order valence-electron chi connectivity index (χ3n) is 6.38. The van der Waals surface area contributed by atoms with Crippen molar-refractivity contribution in [2.24, 2.45) is 17.8 Å². The quantitative estimate of drug-likeness (QED) is 0.768. The average molecular weight is 383 g/mol. The number of anilines is 1. The number of allylic oxidation sites excluding steroid dienone is 2. The summed E-state index contributed by atoms with van der Waals surface area (Å²) in [7, 11) is 0. The van der Waals surface area contributed by atoms with Gasteiger partial charge in [-0.3, -0.25) is 4.79 Å². The molecule has 28 heavy (non-hydrogen) atoms. The second kappa shape index (κ2) is 8.25. The number of benzene rings is 1. The molecule has 3 aliphatic rings. The zero-order valence-corrected chi connectivity index (χ0v) is 16.5. The summed E-state index contributed by atoms with van der Waals surface area (Å²) >= 11 is 0. The van der Waals surface area contributed by atoms with Crippen LogP contribution in [0.5, 0.6) is 0 Å². The lowest BCUT2D eigenvalue weighted by Gasteiger charge is -2.36. The number of amides is 3. The summed E-state index contributed by atoms with van der Waals surface area (Å²) in [5.41, 5.74) is 1.19. The van der Waals surface area contributed by atoms with Gasteiger partial charge in [-0.2, -0.15) is 0 Å². The molecule has 0 spiro atoms. The zero-order valence-electron chi connectivity index (χ0n) is 16.5. The molecule has 150 valence electrons. The predicted octanol–water partition coefficient (Wildman–Crippen LogP) is 2.24. The number of piperazine rings is 1. The molecule has 0 unspecified atom stereocenters. The topological polar surface area (TPSA) is 64.7 Å². The van der Waals surface area contributed by atoms with E-state index in [0.29, 0.717) is 37.4 Å². The van der Waals surface area contributed by atoms with Gasteiger partial charge >= 0.3 is 6.03 Å². The molecule has 6 nitrogen and oxygen atoms in total. The van der Waals surface area contributed by atoms with Crippen molar-refractivity contribution in [1.29, 1.82) is 0 Å². The van der Waals surface area contributed by atoms with Crippen LogP contribution in [0, 0.1) is 17.8 Å². The Bertz CT molecular complexity index is 727. The Morgan fingerprint density at radius 3 is 2.46 bits per heavy atom. The van der Waals surface area contributed by atoms with Crippen LogP contribution in [0.15, 0.2) is 42.5 Å². The van der Waals surface area contributed by atoms with Gasteiger partial charge in [-0.05, 0) is 49.7 Å². The Labute approximate surface area is 167 Å².